The van der Waals surface area contributed by atoms with E-state index in [1.165, 1.54) is 35.6 Å². The maximum absolute atomic E-state index is 13.1. The molecule has 1 aromatic heterocycles. The fraction of sp³-hybridized carbons (Fsp3) is 0.421. The van der Waals surface area contributed by atoms with Gasteiger partial charge in [-0.25, -0.2) is 4.39 Å². The van der Waals surface area contributed by atoms with Gasteiger partial charge < -0.3 is 9.80 Å². The largest absolute Gasteiger partial charge is 0.338 e. The van der Waals surface area contributed by atoms with Gasteiger partial charge in [0.25, 0.3) is 11.8 Å². The summed E-state index contributed by atoms with van der Waals surface area (Å²) < 4.78 is 13.1. The van der Waals surface area contributed by atoms with Gasteiger partial charge in [-0.1, -0.05) is 0 Å². The van der Waals surface area contributed by atoms with Gasteiger partial charge >= 0.3 is 0 Å². The van der Waals surface area contributed by atoms with Gasteiger partial charge in [-0.05, 0) is 49.4 Å². The zero-order valence-electron chi connectivity index (χ0n) is 14.3. The molecule has 0 spiro atoms. The fourth-order valence-corrected chi connectivity index (χ4v) is 4.65. The number of nitrogens with zero attached hydrogens (tertiary/aromatic N) is 3. The van der Waals surface area contributed by atoms with Crippen LogP contribution in [0.5, 0.6) is 0 Å². The van der Waals surface area contributed by atoms with Gasteiger partial charge in [-0.3, -0.25) is 14.6 Å². The lowest BCUT2D eigenvalue weighted by Gasteiger charge is -2.47. The molecule has 2 saturated heterocycles. The molecule has 26 heavy (non-hydrogen) atoms. The quantitative estimate of drug-likeness (QED) is 0.813. The summed E-state index contributed by atoms with van der Waals surface area (Å²) in [4.78, 5) is 34.0. The van der Waals surface area contributed by atoms with Gasteiger partial charge in [-0.15, -0.1) is 11.3 Å². The summed E-state index contributed by atoms with van der Waals surface area (Å²) in [6.45, 7) is 2.03. The van der Waals surface area contributed by atoms with E-state index in [1.807, 2.05) is 9.80 Å². The lowest BCUT2D eigenvalue weighted by atomic mass is 9.83. The summed E-state index contributed by atoms with van der Waals surface area (Å²) >= 11 is 1.37. The number of piperidine rings is 2. The number of amides is 2. The van der Waals surface area contributed by atoms with Crippen molar-refractivity contribution in [2.24, 2.45) is 5.92 Å². The van der Waals surface area contributed by atoms with Crippen LogP contribution in [0.3, 0.4) is 0 Å². The number of aromatic nitrogens is 1. The normalized spacial score (nSPS) is 22.8. The molecule has 0 radical (unpaired) electrons. The minimum Gasteiger partial charge on any atom is -0.338 e. The molecule has 2 amide bonds. The first-order valence-corrected chi connectivity index (χ1v) is 9.76. The van der Waals surface area contributed by atoms with Crippen molar-refractivity contribution in [1.82, 2.24) is 14.8 Å². The predicted octanol–water partition coefficient (Wildman–Crippen LogP) is 3.05. The lowest BCUT2D eigenvalue weighted by Crippen LogP contribution is -2.56. The van der Waals surface area contributed by atoms with E-state index >= 15 is 0 Å². The lowest BCUT2D eigenvalue weighted by molar-refractivity contribution is 0.0200. The highest BCUT2D eigenvalue weighted by Gasteiger charge is 2.39. The molecule has 2 aliphatic heterocycles. The van der Waals surface area contributed by atoms with Crippen molar-refractivity contribution in [3.05, 3.63) is 52.2 Å². The molecule has 2 aromatic rings. The van der Waals surface area contributed by atoms with E-state index in [0.717, 1.165) is 25.8 Å². The Morgan fingerprint density at radius 1 is 1.12 bits per heavy atom. The molecule has 5 nitrogen and oxygen atoms in total. The van der Waals surface area contributed by atoms with Crippen molar-refractivity contribution in [1.29, 1.82) is 0 Å². The van der Waals surface area contributed by atoms with Crippen molar-refractivity contribution in [3.63, 3.8) is 0 Å². The molecule has 0 saturated carbocycles. The van der Waals surface area contributed by atoms with Gasteiger partial charge in [0.2, 0.25) is 0 Å². The summed E-state index contributed by atoms with van der Waals surface area (Å²) in [6.07, 6.45) is 4.38. The molecule has 1 aromatic carbocycles. The van der Waals surface area contributed by atoms with Crippen molar-refractivity contribution in [2.45, 2.75) is 25.3 Å². The number of rotatable bonds is 2. The fourth-order valence-electron chi connectivity index (χ4n) is 4.08. The third-order valence-electron chi connectivity index (χ3n) is 5.35. The van der Waals surface area contributed by atoms with Gasteiger partial charge in [0.05, 0.1) is 11.7 Å². The Bertz CT molecular complexity index is 794. The maximum atomic E-state index is 13.1. The summed E-state index contributed by atoms with van der Waals surface area (Å²) in [5.74, 6) is -0.0570. The topological polar surface area (TPSA) is 53.5 Å². The van der Waals surface area contributed by atoms with Crippen LogP contribution in [0.4, 0.5) is 4.39 Å². The summed E-state index contributed by atoms with van der Waals surface area (Å²) in [5.41, 5.74) is 2.19. The van der Waals surface area contributed by atoms with E-state index in [1.54, 1.807) is 11.7 Å². The molecule has 3 heterocycles. The highest BCUT2D eigenvalue weighted by molar-refractivity contribution is 7.11. The first kappa shape index (κ1) is 17.1. The Balaban J connectivity index is 1.46. The second-order valence-electron chi connectivity index (χ2n) is 6.88. The van der Waals surface area contributed by atoms with Crippen LogP contribution in [0.15, 0.2) is 36.0 Å². The Morgan fingerprint density at radius 3 is 2.65 bits per heavy atom. The van der Waals surface area contributed by atoms with E-state index in [2.05, 4.69) is 4.98 Å². The Kier molecular flexibility index (Phi) is 4.72. The minimum absolute atomic E-state index is 0.0560. The minimum atomic E-state index is -0.343. The second-order valence-corrected chi connectivity index (χ2v) is 7.77. The molecule has 0 unspecified atom stereocenters. The van der Waals surface area contributed by atoms with Gasteiger partial charge in [0, 0.05) is 31.2 Å². The van der Waals surface area contributed by atoms with Gasteiger partial charge in [0.1, 0.15) is 10.7 Å². The number of hydrogen-bond donors (Lipinski definition) is 0. The molecule has 0 bridgehead atoms. The molecule has 4 rings (SSSR count). The van der Waals surface area contributed by atoms with Crippen LogP contribution in [0, 0.1) is 11.7 Å². The zero-order chi connectivity index (χ0) is 18.1. The van der Waals surface area contributed by atoms with Crippen LogP contribution in [-0.4, -0.2) is 52.3 Å². The van der Waals surface area contributed by atoms with E-state index in [9.17, 15) is 14.0 Å². The van der Waals surface area contributed by atoms with Crippen molar-refractivity contribution >= 4 is 23.2 Å². The Labute approximate surface area is 155 Å². The second kappa shape index (κ2) is 7.15. The molecule has 2 aliphatic rings. The highest BCUT2D eigenvalue weighted by atomic mass is 32.1. The molecule has 2 fully saturated rings. The average Bonchev–Trinajstić information content (AvgIpc) is 3.21. The summed E-state index contributed by atoms with van der Waals surface area (Å²) in [6, 6.07) is 5.87. The van der Waals surface area contributed by atoms with Gasteiger partial charge in [0.15, 0.2) is 0 Å². The molecule has 0 aliphatic carbocycles. The van der Waals surface area contributed by atoms with Crippen LogP contribution in [0.1, 0.15) is 39.3 Å². The van der Waals surface area contributed by atoms with Crippen molar-refractivity contribution < 1.29 is 14.0 Å². The van der Waals surface area contributed by atoms with E-state index in [4.69, 9.17) is 0 Å². The summed E-state index contributed by atoms with van der Waals surface area (Å²) in [7, 11) is 0. The number of benzene rings is 1. The zero-order valence-corrected chi connectivity index (χ0v) is 15.1. The van der Waals surface area contributed by atoms with Crippen LogP contribution < -0.4 is 0 Å². The van der Waals surface area contributed by atoms with Crippen LogP contribution in [-0.2, 0) is 0 Å². The average molecular weight is 373 g/mol. The standard InChI is InChI=1S/C19H20FN3O2S/c20-15-5-3-13(4-6-15)18(24)22-9-7-16-14(11-22)2-1-8-23(16)19(25)17-10-21-12-26-17/h3-6,10,12,14,16H,1-2,7-9,11H2/t14-,16+/m1/s1. The highest BCUT2D eigenvalue weighted by Crippen LogP contribution is 2.32. The number of fused-ring (bicyclic) bond motifs is 1. The monoisotopic (exact) mass is 373 g/mol. The third-order valence-corrected chi connectivity index (χ3v) is 6.11. The van der Waals surface area contributed by atoms with Crippen molar-refractivity contribution in [2.75, 3.05) is 19.6 Å². The number of hydrogen-bond acceptors (Lipinski definition) is 4. The number of thiazole rings is 1. The molecule has 136 valence electrons. The SMILES string of the molecule is O=C(c1ccc(F)cc1)N1CC[C@H]2[C@H](CCCN2C(=O)c2cncs2)C1. The van der Waals surface area contributed by atoms with Crippen LogP contribution in [0.25, 0.3) is 0 Å². The Morgan fingerprint density at radius 2 is 1.92 bits per heavy atom. The molecular weight excluding hydrogens is 353 g/mol. The van der Waals surface area contributed by atoms with E-state index in [-0.39, 0.29) is 23.7 Å². The number of carbonyl (C=O) groups excluding carboxylic acids is 2. The number of likely N-dealkylation sites (tertiary alicyclic amines) is 2. The molecular formula is C19H20FN3O2S. The predicted molar refractivity (Wildman–Crippen MR) is 96.6 cm³/mol. The summed E-state index contributed by atoms with van der Waals surface area (Å²) in [5, 5.41) is 0. The van der Waals surface area contributed by atoms with Crippen molar-refractivity contribution in [3.8, 4) is 0 Å². The number of halogens is 1. The maximum Gasteiger partial charge on any atom is 0.265 e. The first-order valence-electron chi connectivity index (χ1n) is 8.88. The third kappa shape index (κ3) is 3.23. The molecule has 0 N–H and O–H groups in total. The van der Waals surface area contributed by atoms with E-state index in [0.29, 0.717) is 29.4 Å². The Hall–Kier alpha value is -2.28. The number of carbonyl (C=O) groups is 2. The van der Waals surface area contributed by atoms with E-state index < -0.39 is 0 Å². The van der Waals surface area contributed by atoms with Crippen LogP contribution in [0.2, 0.25) is 0 Å². The van der Waals surface area contributed by atoms with Crippen LogP contribution >= 0.6 is 11.3 Å². The first-order chi connectivity index (χ1) is 12.6. The smallest absolute Gasteiger partial charge is 0.265 e. The van der Waals surface area contributed by atoms with Gasteiger partial charge in [-0.2, -0.15) is 0 Å². The molecule has 2 atom stereocenters. The molecule has 7 heteroatoms.